The summed E-state index contributed by atoms with van der Waals surface area (Å²) < 4.78 is 2.14. The zero-order valence-corrected chi connectivity index (χ0v) is 15.6. The van der Waals surface area contributed by atoms with Crippen molar-refractivity contribution in [3.63, 3.8) is 0 Å². The number of aliphatic hydroxyl groups is 1. The van der Waals surface area contributed by atoms with Gasteiger partial charge in [0.25, 0.3) is 0 Å². The van der Waals surface area contributed by atoms with Crippen LogP contribution in [0.3, 0.4) is 0 Å². The maximum Gasteiger partial charge on any atom is 0.0793 e. The van der Waals surface area contributed by atoms with Crippen LogP contribution in [-0.2, 0) is 6.54 Å². The van der Waals surface area contributed by atoms with Gasteiger partial charge in [-0.3, -0.25) is 9.58 Å². The molecule has 5 heteroatoms. The van der Waals surface area contributed by atoms with Crippen molar-refractivity contribution in [3.8, 4) is 0 Å². The first-order valence-electron chi connectivity index (χ1n) is 9.67. The van der Waals surface area contributed by atoms with Gasteiger partial charge in [-0.2, -0.15) is 5.10 Å². The van der Waals surface area contributed by atoms with E-state index in [0.29, 0.717) is 6.04 Å². The molecule has 0 aliphatic carbocycles. The van der Waals surface area contributed by atoms with Gasteiger partial charge in [0.05, 0.1) is 18.3 Å². The van der Waals surface area contributed by atoms with Crippen LogP contribution >= 0.6 is 0 Å². The highest BCUT2D eigenvalue weighted by Crippen LogP contribution is 2.21. The number of hydrogen-bond donors (Lipinski definition) is 1. The number of aryl methyl sites for hydroxylation is 2. The molecule has 2 atom stereocenters. The highest BCUT2D eigenvalue weighted by atomic mass is 16.3. The molecule has 0 amide bonds. The summed E-state index contributed by atoms with van der Waals surface area (Å²) >= 11 is 0. The average Bonchev–Trinajstić information content (AvgIpc) is 3.08. The van der Waals surface area contributed by atoms with Crippen molar-refractivity contribution in [2.45, 2.75) is 65.1 Å². The second-order valence-corrected chi connectivity index (χ2v) is 8.04. The van der Waals surface area contributed by atoms with E-state index in [9.17, 15) is 5.11 Å². The van der Waals surface area contributed by atoms with Crippen LogP contribution in [0.4, 0.5) is 0 Å². The predicted molar refractivity (Wildman–Crippen MR) is 97.1 cm³/mol. The van der Waals surface area contributed by atoms with E-state index >= 15 is 0 Å². The summed E-state index contributed by atoms with van der Waals surface area (Å²) in [6.07, 6.45) is 4.76. The van der Waals surface area contributed by atoms with Gasteiger partial charge in [-0.05, 0) is 71.1 Å². The van der Waals surface area contributed by atoms with Crippen molar-refractivity contribution in [2.24, 2.45) is 5.92 Å². The molecule has 2 saturated heterocycles. The number of likely N-dealkylation sites (tertiary alicyclic amines) is 2. The third-order valence-electron chi connectivity index (χ3n) is 5.78. The van der Waals surface area contributed by atoms with Gasteiger partial charge < -0.3 is 10.0 Å². The zero-order valence-electron chi connectivity index (χ0n) is 15.6. The lowest BCUT2D eigenvalue weighted by molar-refractivity contribution is 0.0552. The van der Waals surface area contributed by atoms with Crippen molar-refractivity contribution in [2.75, 3.05) is 32.7 Å². The summed E-state index contributed by atoms with van der Waals surface area (Å²) in [5, 5.41) is 15.2. The Hall–Kier alpha value is -0.910. The zero-order chi connectivity index (χ0) is 17.1. The molecule has 136 valence electrons. The van der Waals surface area contributed by atoms with E-state index < -0.39 is 0 Å². The third kappa shape index (κ3) is 4.58. The molecule has 2 aliphatic heterocycles. The Morgan fingerprint density at radius 3 is 2.58 bits per heavy atom. The van der Waals surface area contributed by atoms with Crippen LogP contribution in [0.1, 0.15) is 44.0 Å². The van der Waals surface area contributed by atoms with Crippen LogP contribution in [-0.4, -0.2) is 69.6 Å². The van der Waals surface area contributed by atoms with Gasteiger partial charge in [-0.25, -0.2) is 0 Å². The van der Waals surface area contributed by atoms with Crippen LogP contribution in [0.2, 0.25) is 0 Å². The summed E-state index contributed by atoms with van der Waals surface area (Å²) in [4.78, 5) is 4.92. The first kappa shape index (κ1) is 17.9. The molecule has 0 bridgehead atoms. The Labute approximate surface area is 146 Å². The number of aliphatic hydroxyl groups excluding tert-OH is 1. The Morgan fingerprint density at radius 2 is 1.92 bits per heavy atom. The summed E-state index contributed by atoms with van der Waals surface area (Å²) in [6.45, 7) is 12.5. The fraction of sp³-hybridized carbons (Fsp3) is 0.842. The summed E-state index contributed by atoms with van der Waals surface area (Å²) in [7, 11) is 0. The van der Waals surface area contributed by atoms with Crippen LogP contribution in [0.25, 0.3) is 0 Å². The molecule has 5 nitrogen and oxygen atoms in total. The Balaban J connectivity index is 1.49. The number of rotatable bonds is 6. The number of β-amino-alcohol motifs (C(OH)–C–C–N with tert-alkyl or cyclic N) is 1. The van der Waals surface area contributed by atoms with E-state index in [1.807, 2.05) is 0 Å². The summed E-state index contributed by atoms with van der Waals surface area (Å²) in [6, 6.07) is 2.66. The normalized spacial score (nSPS) is 25.4. The number of aromatic nitrogens is 2. The monoisotopic (exact) mass is 334 g/mol. The molecule has 1 aromatic rings. The van der Waals surface area contributed by atoms with E-state index in [2.05, 4.69) is 46.4 Å². The fourth-order valence-electron chi connectivity index (χ4n) is 4.27. The number of nitrogens with zero attached hydrogens (tertiary/aromatic N) is 4. The third-order valence-corrected chi connectivity index (χ3v) is 5.78. The molecular formula is C19H34N4O. The Kier molecular flexibility index (Phi) is 5.95. The van der Waals surface area contributed by atoms with E-state index in [1.54, 1.807) is 0 Å². The number of piperidine rings is 1. The van der Waals surface area contributed by atoms with E-state index in [-0.39, 0.29) is 6.10 Å². The molecule has 0 saturated carbocycles. The molecule has 0 aromatic carbocycles. The minimum atomic E-state index is -0.237. The Morgan fingerprint density at radius 1 is 1.17 bits per heavy atom. The maximum absolute atomic E-state index is 10.6. The van der Waals surface area contributed by atoms with Crippen LogP contribution < -0.4 is 0 Å². The van der Waals surface area contributed by atoms with Crippen molar-refractivity contribution in [1.29, 1.82) is 0 Å². The van der Waals surface area contributed by atoms with Crippen LogP contribution in [0, 0.1) is 19.8 Å². The molecule has 0 radical (unpaired) electrons. The van der Waals surface area contributed by atoms with Gasteiger partial charge in [0.1, 0.15) is 0 Å². The summed E-state index contributed by atoms with van der Waals surface area (Å²) in [5.74, 6) is 0.849. The largest absolute Gasteiger partial charge is 0.390 e. The molecular weight excluding hydrogens is 300 g/mol. The molecule has 1 N–H and O–H groups in total. The van der Waals surface area contributed by atoms with E-state index in [1.165, 1.54) is 31.4 Å². The van der Waals surface area contributed by atoms with Gasteiger partial charge in [0.2, 0.25) is 0 Å². The van der Waals surface area contributed by atoms with Crippen molar-refractivity contribution >= 4 is 0 Å². The lowest BCUT2D eigenvalue weighted by Crippen LogP contribution is -2.45. The lowest BCUT2D eigenvalue weighted by atomic mass is 9.99. The van der Waals surface area contributed by atoms with E-state index in [4.69, 9.17) is 0 Å². The highest BCUT2D eigenvalue weighted by molar-refractivity contribution is 5.07. The molecule has 2 unspecified atom stereocenters. The standard InChI is InChI=1S/C19H34N4O/c1-15-6-9-21(10-7-15)13-19(24)14-22-8-4-5-18(22)12-23-17(3)11-16(2)20-23/h11,15,18-19,24H,4-10,12-14H2,1-3H3. The molecule has 24 heavy (non-hydrogen) atoms. The number of hydrogen-bond acceptors (Lipinski definition) is 4. The Bertz CT molecular complexity index is 521. The molecule has 2 fully saturated rings. The minimum Gasteiger partial charge on any atom is -0.390 e. The quantitative estimate of drug-likeness (QED) is 0.865. The van der Waals surface area contributed by atoms with Gasteiger partial charge in [-0.1, -0.05) is 6.92 Å². The summed E-state index contributed by atoms with van der Waals surface area (Å²) in [5.41, 5.74) is 2.33. The van der Waals surface area contributed by atoms with Gasteiger partial charge in [0, 0.05) is 24.8 Å². The SMILES string of the molecule is Cc1cc(C)n(CC2CCCN2CC(O)CN2CCC(C)CC2)n1. The van der Waals surface area contributed by atoms with Crippen molar-refractivity contribution in [3.05, 3.63) is 17.5 Å². The topological polar surface area (TPSA) is 44.5 Å². The molecule has 1 aromatic heterocycles. The lowest BCUT2D eigenvalue weighted by Gasteiger charge is -2.33. The minimum absolute atomic E-state index is 0.237. The average molecular weight is 335 g/mol. The van der Waals surface area contributed by atoms with Gasteiger partial charge >= 0.3 is 0 Å². The predicted octanol–water partition coefficient (Wildman–Crippen LogP) is 2.06. The van der Waals surface area contributed by atoms with E-state index in [0.717, 1.165) is 50.9 Å². The van der Waals surface area contributed by atoms with Gasteiger partial charge in [-0.15, -0.1) is 0 Å². The molecule has 3 rings (SSSR count). The smallest absolute Gasteiger partial charge is 0.0793 e. The van der Waals surface area contributed by atoms with Crippen LogP contribution in [0.15, 0.2) is 6.07 Å². The first-order valence-corrected chi connectivity index (χ1v) is 9.67. The maximum atomic E-state index is 10.6. The van der Waals surface area contributed by atoms with Crippen molar-refractivity contribution < 1.29 is 5.11 Å². The van der Waals surface area contributed by atoms with Crippen LogP contribution in [0.5, 0.6) is 0 Å². The second-order valence-electron chi connectivity index (χ2n) is 8.04. The molecule has 3 heterocycles. The molecule has 0 spiro atoms. The second kappa shape index (κ2) is 7.98. The highest BCUT2D eigenvalue weighted by Gasteiger charge is 2.28. The fourth-order valence-corrected chi connectivity index (χ4v) is 4.27. The molecule has 2 aliphatic rings. The van der Waals surface area contributed by atoms with Gasteiger partial charge in [0.15, 0.2) is 0 Å². The van der Waals surface area contributed by atoms with Crippen molar-refractivity contribution in [1.82, 2.24) is 19.6 Å². The first-order chi connectivity index (χ1) is 11.5.